The Hall–Kier alpha value is -2.84. The quantitative estimate of drug-likeness (QED) is 0.602. The lowest BCUT2D eigenvalue weighted by Gasteiger charge is -2.10. The number of nitrogens with one attached hydrogen (secondary N) is 3. The lowest BCUT2D eigenvalue weighted by molar-refractivity contribution is 0.102. The van der Waals surface area contributed by atoms with E-state index >= 15 is 0 Å². The molecule has 0 fully saturated rings. The van der Waals surface area contributed by atoms with Crippen LogP contribution in [-0.4, -0.2) is 24.5 Å². The summed E-state index contributed by atoms with van der Waals surface area (Å²) in [5.74, 6) is -0.602. The number of amides is 1. The lowest BCUT2D eigenvalue weighted by Crippen LogP contribution is -2.19. The van der Waals surface area contributed by atoms with Crippen LogP contribution < -0.4 is 10.0 Å². The van der Waals surface area contributed by atoms with Crippen molar-refractivity contribution in [2.24, 2.45) is 0 Å². The number of halogens is 1. The van der Waals surface area contributed by atoms with Gasteiger partial charge in [-0.1, -0.05) is 29.3 Å². The molecule has 3 aromatic rings. The summed E-state index contributed by atoms with van der Waals surface area (Å²) in [6.07, 6.45) is 1.17. The standard InChI is InChI=1S/C18H17ClN4O3S/c1-11-3-5-13(6-4-11)23-27(25,26)18-15(10-20-22-18)17(24)21-14-7-8-16(19)12(2)9-14/h3-10,23H,1-2H3,(H,20,22)(H,21,24). The van der Waals surface area contributed by atoms with Crippen LogP contribution in [0.4, 0.5) is 11.4 Å². The first kappa shape index (κ1) is 18.9. The Balaban J connectivity index is 1.84. The normalized spacial score (nSPS) is 11.2. The molecule has 2 aromatic carbocycles. The van der Waals surface area contributed by atoms with Crippen molar-refractivity contribution < 1.29 is 13.2 Å². The van der Waals surface area contributed by atoms with Crippen LogP contribution in [0.3, 0.4) is 0 Å². The first-order valence-corrected chi connectivity index (χ1v) is 9.83. The summed E-state index contributed by atoms with van der Waals surface area (Å²) in [4.78, 5) is 12.5. The second kappa shape index (κ2) is 7.42. The zero-order chi connectivity index (χ0) is 19.6. The second-order valence-electron chi connectivity index (χ2n) is 6.00. The zero-order valence-corrected chi connectivity index (χ0v) is 16.1. The van der Waals surface area contributed by atoms with Crippen molar-refractivity contribution in [1.82, 2.24) is 10.2 Å². The van der Waals surface area contributed by atoms with E-state index < -0.39 is 15.9 Å². The van der Waals surface area contributed by atoms with Gasteiger partial charge in [-0.05, 0) is 49.7 Å². The number of carbonyl (C=O) groups is 1. The molecule has 1 heterocycles. The Morgan fingerprint density at radius 3 is 2.41 bits per heavy atom. The molecule has 0 spiro atoms. The van der Waals surface area contributed by atoms with Crippen LogP contribution in [0.1, 0.15) is 21.5 Å². The van der Waals surface area contributed by atoms with Gasteiger partial charge in [0.25, 0.3) is 15.9 Å². The molecule has 0 bridgehead atoms. The number of nitrogens with zero attached hydrogens (tertiary/aromatic N) is 1. The van der Waals surface area contributed by atoms with Crippen molar-refractivity contribution in [3.05, 3.63) is 70.4 Å². The van der Waals surface area contributed by atoms with E-state index in [9.17, 15) is 13.2 Å². The van der Waals surface area contributed by atoms with E-state index in [4.69, 9.17) is 11.6 Å². The molecule has 0 aliphatic carbocycles. The summed E-state index contributed by atoms with van der Waals surface area (Å²) in [6.45, 7) is 3.70. The number of aromatic amines is 1. The minimum atomic E-state index is -4.02. The van der Waals surface area contributed by atoms with E-state index in [-0.39, 0.29) is 10.6 Å². The third-order valence-corrected chi connectivity index (χ3v) is 5.61. The van der Waals surface area contributed by atoms with Gasteiger partial charge in [-0.2, -0.15) is 13.5 Å². The fourth-order valence-corrected chi connectivity index (χ4v) is 3.66. The van der Waals surface area contributed by atoms with E-state index in [0.717, 1.165) is 11.1 Å². The van der Waals surface area contributed by atoms with Crippen LogP contribution >= 0.6 is 11.6 Å². The van der Waals surface area contributed by atoms with Gasteiger partial charge in [0, 0.05) is 16.4 Å². The summed E-state index contributed by atoms with van der Waals surface area (Å²) in [5, 5.41) is 9.00. The monoisotopic (exact) mass is 404 g/mol. The predicted molar refractivity (Wildman–Crippen MR) is 105 cm³/mol. The number of aryl methyl sites for hydroxylation is 2. The molecule has 140 valence electrons. The van der Waals surface area contributed by atoms with Crippen molar-refractivity contribution >= 4 is 38.9 Å². The molecular weight excluding hydrogens is 388 g/mol. The number of H-pyrrole nitrogens is 1. The van der Waals surface area contributed by atoms with Gasteiger partial charge in [-0.3, -0.25) is 14.6 Å². The minimum Gasteiger partial charge on any atom is -0.322 e. The predicted octanol–water partition coefficient (Wildman–Crippen LogP) is 3.73. The molecule has 7 nitrogen and oxygen atoms in total. The van der Waals surface area contributed by atoms with Crippen LogP contribution in [-0.2, 0) is 10.0 Å². The minimum absolute atomic E-state index is 0.0952. The number of rotatable bonds is 5. The number of benzene rings is 2. The van der Waals surface area contributed by atoms with Crippen LogP contribution in [0.15, 0.2) is 53.7 Å². The maximum atomic E-state index is 12.6. The van der Waals surface area contributed by atoms with Gasteiger partial charge < -0.3 is 5.32 Å². The SMILES string of the molecule is Cc1ccc(NS(=O)(=O)c2[nH]ncc2C(=O)Nc2ccc(Cl)c(C)c2)cc1. The molecule has 1 aromatic heterocycles. The summed E-state index contributed by atoms with van der Waals surface area (Å²) in [5.41, 5.74) is 2.57. The third-order valence-electron chi connectivity index (χ3n) is 3.84. The van der Waals surface area contributed by atoms with Crippen LogP contribution in [0, 0.1) is 13.8 Å². The number of hydrogen-bond donors (Lipinski definition) is 3. The van der Waals surface area contributed by atoms with Gasteiger partial charge in [0.05, 0.1) is 11.8 Å². The molecule has 0 saturated carbocycles. The molecule has 0 aliphatic rings. The maximum absolute atomic E-state index is 12.6. The zero-order valence-electron chi connectivity index (χ0n) is 14.6. The molecule has 0 saturated heterocycles. The fraction of sp³-hybridized carbons (Fsp3) is 0.111. The summed E-state index contributed by atoms with van der Waals surface area (Å²) >= 11 is 5.97. The van der Waals surface area contributed by atoms with Crippen LogP contribution in [0.25, 0.3) is 0 Å². The number of aromatic nitrogens is 2. The van der Waals surface area contributed by atoms with Gasteiger partial charge in [-0.15, -0.1) is 0 Å². The average Bonchev–Trinajstić information content (AvgIpc) is 3.11. The lowest BCUT2D eigenvalue weighted by atomic mass is 10.2. The van der Waals surface area contributed by atoms with E-state index in [1.165, 1.54) is 6.20 Å². The molecule has 3 rings (SSSR count). The summed E-state index contributed by atoms with van der Waals surface area (Å²) < 4.78 is 27.7. The Labute approximate surface area is 161 Å². The first-order chi connectivity index (χ1) is 12.8. The largest absolute Gasteiger partial charge is 0.322 e. The highest BCUT2D eigenvalue weighted by Crippen LogP contribution is 2.22. The van der Waals surface area contributed by atoms with E-state index in [0.29, 0.717) is 16.4 Å². The molecule has 3 N–H and O–H groups in total. The number of anilines is 2. The topological polar surface area (TPSA) is 104 Å². The highest BCUT2D eigenvalue weighted by Gasteiger charge is 2.25. The Morgan fingerprint density at radius 2 is 1.74 bits per heavy atom. The second-order valence-corrected chi connectivity index (χ2v) is 8.03. The fourth-order valence-electron chi connectivity index (χ4n) is 2.39. The van der Waals surface area contributed by atoms with Crippen LogP contribution in [0.2, 0.25) is 5.02 Å². The number of sulfonamides is 1. The summed E-state index contributed by atoms with van der Waals surface area (Å²) in [7, 11) is -4.02. The Morgan fingerprint density at radius 1 is 1.07 bits per heavy atom. The third kappa shape index (κ3) is 4.29. The molecular formula is C18H17ClN4O3S. The molecule has 9 heteroatoms. The van der Waals surface area contributed by atoms with Crippen molar-refractivity contribution in [2.45, 2.75) is 18.9 Å². The highest BCUT2D eigenvalue weighted by molar-refractivity contribution is 7.92. The van der Waals surface area contributed by atoms with E-state index in [1.807, 2.05) is 6.92 Å². The van der Waals surface area contributed by atoms with Crippen molar-refractivity contribution in [3.63, 3.8) is 0 Å². The number of hydrogen-bond acceptors (Lipinski definition) is 4. The Bertz CT molecular complexity index is 1090. The van der Waals surface area contributed by atoms with Gasteiger partial charge >= 0.3 is 0 Å². The van der Waals surface area contributed by atoms with Gasteiger partial charge in [0.1, 0.15) is 0 Å². The van der Waals surface area contributed by atoms with Crippen molar-refractivity contribution in [2.75, 3.05) is 10.0 Å². The van der Waals surface area contributed by atoms with Crippen LogP contribution in [0.5, 0.6) is 0 Å². The molecule has 1 amide bonds. The van der Waals surface area contributed by atoms with E-state index in [2.05, 4.69) is 20.2 Å². The molecule has 27 heavy (non-hydrogen) atoms. The molecule has 0 aliphatic heterocycles. The highest BCUT2D eigenvalue weighted by atomic mass is 35.5. The van der Waals surface area contributed by atoms with Gasteiger partial charge in [0.15, 0.2) is 5.03 Å². The van der Waals surface area contributed by atoms with Gasteiger partial charge in [0.2, 0.25) is 0 Å². The van der Waals surface area contributed by atoms with Gasteiger partial charge in [-0.25, -0.2) is 0 Å². The first-order valence-electron chi connectivity index (χ1n) is 7.96. The van der Waals surface area contributed by atoms with E-state index in [1.54, 1.807) is 49.4 Å². The molecule has 0 unspecified atom stereocenters. The average molecular weight is 405 g/mol. The van der Waals surface area contributed by atoms with Crippen molar-refractivity contribution in [3.8, 4) is 0 Å². The summed E-state index contributed by atoms with van der Waals surface area (Å²) in [6, 6.07) is 11.8. The van der Waals surface area contributed by atoms with Crippen molar-refractivity contribution in [1.29, 1.82) is 0 Å². The Kier molecular flexibility index (Phi) is 5.20. The maximum Gasteiger partial charge on any atom is 0.279 e. The molecule has 0 atom stereocenters. The molecule has 0 radical (unpaired) electrons. The smallest absolute Gasteiger partial charge is 0.279 e. The number of carbonyl (C=O) groups excluding carboxylic acids is 1.